The van der Waals surface area contributed by atoms with Crippen LogP contribution in [0.15, 0.2) is 49.3 Å². The number of amides is 4. The lowest BCUT2D eigenvalue weighted by Gasteiger charge is -2.32. The van der Waals surface area contributed by atoms with E-state index < -0.39 is 6.03 Å². The number of thiophene rings is 1. The maximum Gasteiger partial charge on any atom is 0.332 e. The predicted molar refractivity (Wildman–Crippen MR) is 135 cm³/mol. The van der Waals surface area contributed by atoms with Crippen LogP contribution in [0.3, 0.4) is 0 Å². The molecule has 2 aliphatic rings. The van der Waals surface area contributed by atoms with Crippen molar-refractivity contribution in [2.24, 2.45) is 0 Å². The third kappa shape index (κ3) is 4.86. The van der Waals surface area contributed by atoms with Crippen molar-refractivity contribution in [2.45, 2.75) is 18.9 Å². The molecule has 182 valence electrons. The predicted octanol–water partition coefficient (Wildman–Crippen LogP) is 3.54. The van der Waals surface area contributed by atoms with Crippen molar-refractivity contribution in [3.8, 4) is 0 Å². The number of anilines is 3. The van der Waals surface area contributed by atoms with Gasteiger partial charge in [-0.3, -0.25) is 9.59 Å². The molecular formula is C24H26N6O4S. The molecule has 0 radical (unpaired) electrons. The summed E-state index contributed by atoms with van der Waals surface area (Å²) in [6, 6.07) is 6.51. The minimum Gasteiger partial charge on any atom is -0.388 e. The van der Waals surface area contributed by atoms with E-state index in [1.165, 1.54) is 22.3 Å². The highest BCUT2D eigenvalue weighted by atomic mass is 32.1. The highest BCUT2D eigenvalue weighted by Crippen LogP contribution is 2.45. The number of carbonyl (C=O) groups excluding carboxylic acids is 3. The van der Waals surface area contributed by atoms with Crippen molar-refractivity contribution in [3.05, 3.63) is 54.2 Å². The Kier molecular flexibility index (Phi) is 7.37. The molecule has 1 saturated heterocycles. The van der Waals surface area contributed by atoms with E-state index in [9.17, 15) is 14.4 Å². The number of nitrogens with zero attached hydrogens (tertiary/aromatic N) is 4. The monoisotopic (exact) mass is 494 g/mol. The second-order valence-electron chi connectivity index (χ2n) is 7.98. The van der Waals surface area contributed by atoms with Gasteiger partial charge < -0.3 is 20.3 Å². The molecule has 5 rings (SSSR count). The van der Waals surface area contributed by atoms with Gasteiger partial charge in [0.05, 0.1) is 16.8 Å². The largest absolute Gasteiger partial charge is 0.388 e. The van der Waals surface area contributed by atoms with Crippen LogP contribution in [0.4, 0.5) is 22.0 Å². The number of rotatable bonds is 4. The third-order valence-electron chi connectivity index (χ3n) is 5.57. The number of aromatic nitrogens is 2. The molecule has 35 heavy (non-hydrogen) atoms. The number of urea groups is 1. The van der Waals surface area contributed by atoms with Gasteiger partial charge in [0.1, 0.15) is 15.5 Å². The fraction of sp³-hybridized carbons (Fsp3) is 0.292. The summed E-state index contributed by atoms with van der Waals surface area (Å²) >= 11 is 1.23. The Labute approximate surface area is 206 Å². The number of nitrogens with one attached hydrogen (secondary N) is 2. The van der Waals surface area contributed by atoms with E-state index in [4.69, 9.17) is 0 Å². The number of ether oxygens (including phenoxy) is 1. The van der Waals surface area contributed by atoms with Gasteiger partial charge in [-0.25, -0.2) is 19.7 Å². The number of hydrogen-bond acceptors (Lipinski definition) is 7. The number of carbonyl (C=O) groups is 3. The number of piperidine rings is 1. The average Bonchev–Trinajstić information content (AvgIpc) is 3.24. The number of methoxy groups -OCH3 is 1. The Morgan fingerprint density at radius 2 is 2.06 bits per heavy atom. The van der Waals surface area contributed by atoms with Gasteiger partial charge in [-0.05, 0) is 37.1 Å². The molecule has 3 aromatic heterocycles. The van der Waals surface area contributed by atoms with E-state index in [1.807, 2.05) is 0 Å². The van der Waals surface area contributed by atoms with E-state index in [2.05, 4.69) is 31.9 Å². The van der Waals surface area contributed by atoms with E-state index in [-0.39, 0.29) is 17.9 Å². The first-order valence-electron chi connectivity index (χ1n) is 11.0. The molecule has 0 saturated carbocycles. The average molecular weight is 495 g/mol. The fourth-order valence-corrected chi connectivity index (χ4v) is 5.16. The summed E-state index contributed by atoms with van der Waals surface area (Å²) in [5.41, 5.74) is 1.08. The molecular weight excluding hydrogens is 468 g/mol. The lowest BCUT2D eigenvalue weighted by Crippen LogP contribution is -2.49. The SMILES string of the molecule is C=CC(=O)N1CCCC(NC(=O)c2sc3nccc4c3c2NC(=O)N4c2ccccn2)C1.COC. The zero-order valence-corrected chi connectivity index (χ0v) is 20.3. The first kappa shape index (κ1) is 24.3. The quantitative estimate of drug-likeness (QED) is 0.536. The maximum absolute atomic E-state index is 13.2. The molecule has 0 bridgehead atoms. The Balaban J connectivity index is 0.000000917. The summed E-state index contributed by atoms with van der Waals surface area (Å²) < 4.78 is 4.25. The molecule has 3 aromatic rings. The van der Waals surface area contributed by atoms with Crippen LogP contribution >= 0.6 is 11.3 Å². The molecule has 4 amide bonds. The summed E-state index contributed by atoms with van der Waals surface area (Å²) in [7, 11) is 3.25. The first-order valence-corrected chi connectivity index (χ1v) is 11.9. The molecule has 1 fully saturated rings. The maximum atomic E-state index is 13.2. The molecule has 0 aliphatic carbocycles. The van der Waals surface area contributed by atoms with E-state index in [0.29, 0.717) is 45.4 Å². The summed E-state index contributed by atoms with van der Waals surface area (Å²) in [5, 5.41) is 6.58. The second-order valence-corrected chi connectivity index (χ2v) is 8.98. The summed E-state index contributed by atoms with van der Waals surface area (Å²) in [4.78, 5) is 51.0. The van der Waals surface area contributed by atoms with Gasteiger partial charge in [-0.15, -0.1) is 11.3 Å². The molecule has 11 heteroatoms. The highest BCUT2D eigenvalue weighted by Gasteiger charge is 2.34. The molecule has 0 spiro atoms. The van der Waals surface area contributed by atoms with Gasteiger partial charge in [0.15, 0.2) is 0 Å². The highest BCUT2D eigenvalue weighted by molar-refractivity contribution is 7.21. The van der Waals surface area contributed by atoms with Gasteiger partial charge in [-0.2, -0.15) is 0 Å². The van der Waals surface area contributed by atoms with Crippen LogP contribution in [0.1, 0.15) is 22.5 Å². The van der Waals surface area contributed by atoms with Crippen molar-refractivity contribution >= 4 is 56.6 Å². The van der Waals surface area contributed by atoms with Crippen LogP contribution < -0.4 is 15.5 Å². The summed E-state index contributed by atoms with van der Waals surface area (Å²) in [5.74, 6) is 0.0459. The van der Waals surface area contributed by atoms with Crippen molar-refractivity contribution in [1.29, 1.82) is 0 Å². The van der Waals surface area contributed by atoms with Gasteiger partial charge >= 0.3 is 6.03 Å². The summed E-state index contributed by atoms with van der Waals surface area (Å²) in [6.07, 6.45) is 6.10. The van der Waals surface area contributed by atoms with Crippen molar-refractivity contribution in [1.82, 2.24) is 20.2 Å². The van der Waals surface area contributed by atoms with E-state index in [1.54, 1.807) is 55.8 Å². The van der Waals surface area contributed by atoms with Gasteiger partial charge in [-0.1, -0.05) is 12.6 Å². The smallest absolute Gasteiger partial charge is 0.332 e. The second kappa shape index (κ2) is 10.6. The van der Waals surface area contributed by atoms with Crippen LogP contribution in [-0.4, -0.2) is 66.1 Å². The molecule has 2 N–H and O–H groups in total. The van der Waals surface area contributed by atoms with Crippen molar-refractivity contribution in [3.63, 3.8) is 0 Å². The molecule has 0 aromatic carbocycles. The molecule has 10 nitrogen and oxygen atoms in total. The zero-order chi connectivity index (χ0) is 24.9. The van der Waals surface area contributed by atoms with Crippen LogP contribution in [0.2, 0.25) is 0 Å². The minimum atomic E-state index is -0.392. The zero-order valence-electron chi connectivity index (χ0n) is 19.5. The molecule has 1 atom stereocenters. The Bertz CT molecular complexity index is 1260. The first-order chi connectivity index (χ1) is 17.0. The van der Waals surface area contributed by atoms with Crippen LogP contribution in [0.5, 0.6) is 0 Å². The van der Waals surface area contributed by atoms with E-state index >= 15 is 0 Å². The van der Waals surface area contributed by atoms with Crippen molar-refractivity contribution < 1.29 is 19.1 Å². The minimum absolute atomic E-state index is 0.142. The van der Waals surface area contributed by atoms with Gasteiger partial charge in [0.2, 0.25) is 5.91 Å². The number of pyridine rings is 2. The molecule has 1 unspecified atom stereocenters. The van der Waals surface area contributed by atoms with Crippen LogP contribution in [0.25, 0.3) is 10.2 Å². The fourth-order valence-electron chi connectivity index (χ4n) is 4.13. The number of likely N-dealkylation sites (tertiary alicyclic amines) is 1. The van der Waals surface area contributed by atoms with Gasteiger partial charge in [0, 0.05) is 45.7 Å². The molecule has 5 heterocycles. The van der Waals surface area contributed by atoms with Crippen molar-refractivity contribution in [2.75, 3.05) is 37.5 Å². The van der Waals surface area contributed by atoms with Crippen LogP contribution in [0, 0.1) is 0 Å². The Hall–Kier alpha value is -3.83. The summed E-state index contributed by atoms with van der Waals surface area (Å²) in [6.45, 7) is 4.62. The number of hydrogen-bond donors (Lipinski definition) is 2. The lowest BCUT2D eigenvalue weighted by molar-refractivity contribution is -0.127. The Morgan fingerprint density at radius 3 is 2.77 bits per heavy atom. The molecule has 2 aliphatic heterocycles. The topological polar surface area (TPSA) is 117 Å². The van der Waals surface area contributed by atoms with Crippen LogP contribution in [-0.2, 0) is 9.53 Å². The third-order valence-corrected chi connectivity index (χ3v) is 6.67. The Morgan fingerprint density at radius 1 is 1.26 bits per heavy atom. The standard InChI is InChI=1S/C22H20N6O3S.C2H6O/c1-2-16(29)27-11-5-6-13(12-27)25-20(30)19-18-17-14(8-10-24-21(17)32-19)28(22(31)26-18)15-7-3-4-9-23-15;1-3-2/h2-4,7-10,13H,1,5-6,11-12H2,(H,25,30)(H,26,31);1-2H3. The van der Waals surface area contributed by atoms with Gasteiger partial charge in [0.25, 0.3) is 5.91 Å². The normalized spacial score (nSPS) is 16.7. The lowest BCUT2D eigenvalue weighted by atomic mass is 10.1. The van der Waals surface area contributed by atoms with E-state index in [0.717, 1.165) is 12.8 Å².